The Labute approximate surface area is 163 Å². The monoisotopic (exact) mass is 412 g/mol. The third-order valence-electron chi connectivity index (χ3n) is 3.70. The first-order valence-electron chi connectivity index (χ1n) is 7.96. The van der Waals surface area contributed by atoms with Gasteiger partial charge in [0.05, 0.1) is 32.2 Å². The smallest absolute Gasteiger partial charge is 0.226 e. The van der Waals surface area contributed by atoms with Gasteiger partial charge in [-0.1, -0.05) is 23.7 Å². The van der Waals surface area contributed by atoms with E-state index in [1.54, 1.807) is 42.5 Å². The number of methoxy groups -OCH3 is 2. The zero-order chi connectivity index (χ0) is 20.0. The third-order valence-corrected chi connectivity index (χ3v) is 4.66. The van der Waals surface area contributed by atoms with Crippen molar-refractivity contribution in [1.29, 1.82) is 0 Å². The van der Waals surface area contributed by atoms with Gasteiger partial charge in [0, 0.05) is 17.5 Å². The lowest BCUT2D eigenvalue weighted by molar-refractivity contribution is -0.116. The summed E-state index contributed by atoms with van der Waals surface area (Å²) in [6.07, 6.45) is 0.925. The Morgan fingerprint density at radius 1 is 1.11 bits per heavy atom. The van der Waals surface area contributed by atoms with Gasteiger partial charge in [-0.25, -0.2) is 13.1 Å². The Bertz CT molecular complexity index is 900. The molecule has 0 heterocycles. The molecule has 1 unspecified atom stereocenters. The zero-order valence-electron chi connectivity index (χ0n) is 15.2. The van der Waals surface area contributed by atoms with Crippen LogP contribution in [-0.2, 0) is 14.8 Å². The summed E-state index contributed by atoms with van der Waals surface area (Å²) in [6, 6.07) is 10.9. The van der Waals surface area contributed by atoms with E-state index in [0.717, 1.165) is 6.26 Å². The molecule has 0 saturated carbocycles. The van der Waals surface area contributed by atoms with E-state index >= 15 is 0 Å². The number of benzene rings is 2. The molecule has 2 rings (SSSR count). The van der Waals surface area contributed by atoms with E-state index < -0.39 is 22.0 Å². The van der Waals surface area contributed by atoms with Crippen LogP contribution in [0.5, 0.6) is 11.5 Å². The first-order valence-corrected chi connectivity index (χ1v) is 10.2. The van der Waals surface area contributed by atoms with Crippen molar-refractivity contribution in [3.63, 3.8) is 0 Å². The maximum atomic E-state index is 12.5. The van der Waals surface area contributed by atoms with Crippen LogP contribution in [0.25, 0.3) is 0 Å². The SMILES string of the molecule is COc1ccc(OC)c(NC(=O)CC(NS(C)(=O)=O)c2ccc(Cl)cc2)c1. The minimum Gasteiger partial charge on any atom is -0.497 e. The number of sulfonamides is 1. The average molecular weight is 413 g/mol. The number of nitrogens with one attached hydrogen (secondary N) is 2. The van der Waals surface area contributed by atoms with Gasteiger partial charge in [0.15, 0.2) is 0 Å². The molecule has 0 radical (unpaired) electrons. The molecule has 0 spiro atoms. The normalized spacial score (nSPS) is 12.3. The first kappa shape index (κ1) is 21.0. The summed E-state index contributed by atoms with van der Waals surface area (Å²) in [5.74, 6) is 0.621. The van der Waals surface area contributed by atoms with E-state index in [4.69, 9.17) is 21.1 Å². The molecule has 1 atom stereocenters. The van der Waals surface area contributed by atoms with Crippen molar-refractivity contribution < 1.29 is 22.7 Å². The van der Waals surface area contributed by atoms with Gasteiger partial charge in [0.2, 0.25) is 15.9 Å². The lowest BCUT2D eigenvalue weighted by atomic mass is 10.0. The molecule has 0 aromatic heterocycles. The highest BCUT2D eigenvalue weighted by Crippen LogP contribution is 2.29. The summed E-state index contributed by atoms with van der Waals surface area (Å²) < 4.78 is 36.3. The lowest BCUT2D eigenvalue weighted by Crippen LogP contribution is -2.30. The molecule has 0 saturated heterocycles. The highest BCUT2D eigenvalue weighted by molar-refractivity contribution is 7.88. The van der Waals surface area contributed by atoms with Gasteiger partial charge in [-0.2, -0.15) is 0 Å². The molecule has 2 aromatic carbocycles. The topological polar surface area (TPSA) is 93.7 Å². The Morgan fingerprint density at radius 2 is 1.78 bits per heavy atom. The number of anilines is 1. The van der Waals surface area contributed by atoms with E-state index in [9.17, 15) is 13.2 Å². The quantitative estimate of drug-likeness (QED) is 0.695. The van der Waals surface area contributed by atoms with Crippen LogP contribution in [0, 0.1) is 0 Å². The maximum absolute atomic E-state index is 12.5. The first-order chi connectivity index (χ1) is 12.7. The number of amides is 1. The van der Waals surface area contributed by atoms with Gasteiger partial charge in [0.1, 0.15) is 11.5 Å². The minimum atomic E-state index is -3.53. The van der Waals surface area contributed by atoms with Crippen molar-refractivity contribution in [2.45, 2.75) is 12.5 Å². The van der Waals surface area contributed by atoms with Gasteiger partial charge in [0.25, 0.3) is 0 Å². The predicted molar refractivity (Wildman–Crippen MR) is 105 cm³/mol. The van der Waals surface area contributed by atoms with Crippen molar-refractivity contribution in [3.8, 4) is 11.5 Å². The summed E-state index contributed by atoms with van der Waals surface area (Å²) in [6.45, 7) is 0. The highest BCUT2D eigenvalue weighted by atomic mass is 35.5. The standard InChI is InChI=1S/C18H21ClN2O5S/c1-25-14-8-9-17(26-2)16(10-14)20-18(22)11-15(21-27(3,23)24)12-4-6-13(19)7-5-12/h4-10,15,21H,11H2,1-3H3,(H,20,22). The Morgan fingerprint density at radius 3 is 2.33 bits per heavy atom. The van der Waals surface area contributed by atoms with Crippen LogP contribution in [0.15, 0.2) is 42.5 Å². The number of carbonyl (C=O) groups is 1. The van der Waals surface area contributed by atoms with Crippen molar-refractivity contribution in [1.82, 2.24) is 4.72 Å². The molecule has 0 aliphatic rings. The number of carbonyl (C=O) groups excluding carboxylic acids is 1. The van der Waals surface area contributed by atoms with Crippen molar-refractivity contribution in [2.24, 2.45) is 0 Å². The van der Waals surface area contributed by atoms with Gasteiger partial charge in [-0.05, 0) is 29.8 Å². The maximum Gasteiger partial charge on any atom is 0.226 e. The van der Waals surface area contributed by atoms with Gasteiger partial charge in [-0.15, -0.1) is 0 Å². The molecular formula is C18H21ClN2O5S. The van der Waals surface area contributed by atoms with E-state index in [2.05, 4.69) is 10.0 Å². The van der Waals surface area contributed by atoms with Crippen LogP contribution in [0.1, 0.15) is 18.0 Å². The molecule has 1 amide bonds. The second-order valence-electron chi connectivity index (χ2n) is 5.81. The van der Waals surface area contributed by atoms with E-state index in [1.165, 1.54) is 14.2 Å². The Hall–Kier alpha value is -2.29. The van der Waals surface area contributed by atoms with E-state index in [1.807, 2.05) is 0 Å². The molecule has 0 fully saturated rings. The van der Waals surface area contributed by atoms with Crippen LogP contribution in [0.4, 0.5) is 5.69 Å². The van der Waals surface area contributed by atoms with E-state index in [-0.39, 0.29) is 6.42 Å². The molecule has 0 bridgehead atoms. The Balaban J connectivity index is 2.22. The fourth-order valence-corrected chi connectivity index (χ4v) is 3.34. The van der Waals surface area contributed by atoms with E-state index in [0.29, 0.717) is 27.8 Å². The lowest BCUT2D eigenvalue weighted by Gasteiger charge is -2.18. The van der Waals surface area contributed by atoms with Crippen LogP contribution < -0.4 is 19.5 Å². The summed E-state index contributed by atoms with van der Waals surface area (Å²) in [7, 11) is -0.532. The average Bonchev–Trinajstić information content (AvgIpc) is 2.60. The van der Waals surface area contributed by atoms with Gasteiger partial charge in [-0.3, -0.25) is 4.79 Å². The molecule has 146 valence electrons. The van der Waals surface area contributed by atoms with Crippen LogP contribution in [0.2, 0.25) is 5.02 Å². The highest BCUT2D eigenvalue weighted by Gasteiger charge is 2.21. The minimum absolute atomic E-state index is 0.116. The van der Waals surface area contributed by atoms with Crippen molar-refractivity contribution >= 4 is 33.2 Å². The molecule has 0 aliphatic heterocycles. The second-order valence-corrected chi connectivity index (χ2v) is 8.03. The molecule has 9 heteroatoms. The molecule has 7 nitrogen and oxygen atoms in total. The number of ether oxygens (including phenoxy) is 2. The van der Waals surface area contributed by atoms with Crippen LogP contribution in [0.3, 0.4) is 0 Å². The summed E-state index contributed by atoms with van der Waals surface area (Å²) in [5.41, 5.74) is 1.05. The second kappa shape index (κ2) is 9.07. The summed E-state index contributed by atoms with van der Waals surface area (Å²) >= 11 is 5.88. The molecule has 0 aliphatic carbocycles. The third kappa shape index (κ3) is 6.42. The number of halogens is 1. The largest absolute Gasteiger partial charge is 0.497 e. The fraction of sp³-hybridized carbons (Fsp3) is 0.278. The van der Waals surface area contributed by atoms with Crippen LogP contribution >= 0.6 is 11.6 Å². The zero-order valence-corrected chi connectivity index (χ0v) is 16.7. The number of hydrogen-bond acceptors (Lipinski definition) is 5. The van der Waals surface area contributed by atoms with Gasteiger partial charge < -0.3 is 14.8 Å². The molecular weight excluding hydrogens is 392 g/mol. The van der Waals surface area contributed by atoms with Crippen molar-refractivity contribution in [2.75, 3.05) is 25.8 Å². The molecule has 27 heavy (non-hydrogen) atoms. The molecule has 2 aromatic rings. The number of hydrogen-bond donors (Lipinski definition) is 2. The Kier molecular flexibility index (Phi) is 7.06. The van der Waals surface area contributed by atoms with Crippen molar-refractivity contribution in [3.05, 3.63) is 53.1 Å². The van der Waals surface area contributed by atoms with Gasteiger partial charge >= 0.3 is 0 Å². The summed E-state index contributed by atoms with van der Waals surface area (Å²) in [4.78, 5) is 12.5. The summed E-state index contributed by atoms with van der Waals surface area (Å²) in [5, 5.41) is 3.24. The molecule has 2 N–H and O–H groups in total. The predicted octanol–water partition coefficient (Wildman–Crippen LogP) is 2.98. The van der Waals surface area contributed by atoms with Crippen LogP contribution in [-0.4, -0.2) is 34.8 Å². The number of rotatable bonds is 8. The fourth-order valence-electron chi connectivity index (χ4n) is 2.48.